The largest absolute Gasteiger partial charge is 0.490 e. The van der Waals surface area contributed by atoms with Gasteiger partial charge in [0.15, 0.2) is 0 Å². The Kier molecular flexibility index (Phi) is 3.34. The van der Waals surface area contributed by atoms with E-state index in [0.29, 0.717) is 25.1 Å². The maximum Gasteiger partial charge on any atom is 0.244 e. The van der Waals surface area contributed by atoms with Gasteiger partial charge in [-0.2, -0.15) is 0 Å². The van der Waals surface area contributed by atoms with Crippen LogP contribution in [0.2, 0.25) is 0 Å². The maximum atomic E-state index is 12.9. The van der Waals surface area contributed by atoms with Crippen molar-refractivity contribution in [2.75, 3.05) is 18.1 Å². The van der Waals surface area contributed by atoms with Crippen molar-refractivity contribution >= 4 is 11.6 Å². The molecule has 0 radical (unpaired) electrons. The molecule has 4 nitrogen and oxygen atoms in total. The third kappa shape index (κ3) is 2.31. The number of benzene rings is 1. The molecule has 1 aliphatic carbocycles. The van der Waals surface area contributed by atoms with Crippen LogP contribution in [0.4, 0.5) is 5.69 Å². The molecule has 2 heterocycles. The number of anilines is 1. The SMILES string of the molecule is O=C(C1CC2CCCCC2N1)N1CCOc2ccccc21. The van der Waals surface area contributed by atoms with Crippen molar-refractivity contribution < 1.29 is 9.53 Å². The predicted octanol–water partition coefficient (Wildman–Crippen LogP) is 2.33. The zero-order valence-electron chi connectivity index (χ0n) is 12.3. The highest BCUT2D eigenvalue weighted by atomic mass is 16.5. The number of para-hydroxylation sites is 2. The minimum absolute atomic E-state index is 0.00995. The summed E-state index contributed by atoms with van der Waals surface area (Å²) in [5.74, 6) is 1.75. The van der Waals surface area contributed by atoms with Crippen molar-refractivity contribution in [2.45, 2.75) is 44.2 Å². The molecule has 1 aromatic carbocycles. The number of rotatable bonds is 1. The normalized spacial score (nSPS) is 31.2. The first-order chi connectivity index (χ1) is 10.3. The third-order valence-electron chi connectivity index (χ3n) is 5.16. The predicted molar refractivity (Wildman–Crippen MR) is 81.6 cm³/mol. The number of fused-ring (bicyclic) bond motifs is 2. The van der Waals surface area contributed by atoms with Gasteiger partial charge in [-0.1, -0.05) is 25.0 Å². The maximum absolute atomic E-state index is 12.9. The topological polar surface area (TPSA) is 41.6 Å². The van der Waals surface area contributed by atoms with Gasteiger partial charge >= 0.3 is 0 Å². The number of carbonyl (C=O) groups is 1. The lowest BCUT2D eigenvalue weighted by atomic mass is 9.85. The number of amides is 1. The lowest BCUT2D eigenvalue weighted by Crippen LogP contribution is -2.48. The fourth-order valence-electron chi connectivity index (χ4n) is 4.10. The molecular weight excluding hydrogens is 264 g/mol. The number of hydrogen-bond donors (Lipinski definition) is 1. The second-order valence-corrected chi connectivity index (χ2v) is 6.41. The quantitative estimate of drug-likeness (QED) is 0.861. The molecule has 2 fully saturated rings. The Bertz CT molecular complexity index is 531. The molecule has 1 saturated heterocycles. The minimum atomic E-state index is -0.00995. The van der Waals surface area contributed by atoms with Crippen LogP contribution in [-0.2, 0) is 4.79 Å². The van der Waals surface area contributed by atoms with Gasteiger partial charge in [0, 0.05) is 6.04 Å². The van der Waals surface area contributed by atoms with Crippen LogP contribution in [0.3, 0.4) is 0 Å². The summed E-state index contributed by atoms with van der Waals surface area (Å²) in [6.07, 6.45) is 6.14. The monoisotopic (exact) mass is 286 g/mol. The van der Waals surface area contributed by atoms with Gasteiger partial charge in [-0.05, 0) is 37.3 Å². The molecule has 3 atom stereocenters. The van der Waals surface area contributed by atoms with Gasteiger partial charge in [0.25, 0.3) is 0 Å². The molecule has 21 heavy (non-hydrogen) atoms. The van der Waals surface area contributed by atoms with E-state index in [0.717, 1.165) is 17.9 Å². The summed E-state index contributed by atoms with van der Waals surface area (Å²) in [5, 5.41) is 3.59. The Balaban J connectivity index is 1.53. The van der Waals surface area contributed by atoms with Crippen LogP contribution in [0.1, 0.15) is 32.1 Å². The first kappa shape index (κ1) is 13.1. The van der Waals surface area contributed by atoms with E-state index in [1.165, 1.54) is 25.7 Å². The molecule has 3 unspecified atom stereocenters. The van der Waals surface area contributed by atoms with Crippen molar-refractivity contribution in [2.24, 2.45) is 5.92 Å². The Hall–Kier alpha value is -1.55. The number of nitrogens with zero attached hydrogens (tertiary/aromatic N) is 1. The van der Waals surface area contributed by atoms with Crippen molar-refractivity contribution in [3.05, 3.63) is 24.3 Å². The average molecular weight is 286 g/mol. The lowest BCUT2D eigenvalue weighted by molar-refractivity contribution is -0.120. The first-order valence-electron chi connectivity index (χ1n) is 8.12. The highest BCUT2D eigenvalue weighted by Gasteiger charge is 2.40. The van der Waals surface area contributed by atoms with Crippen molar-refractivity contribution in [1.82, 2.24) is 5.32 Å². The highest BCUT2D eigenvalue weighted by molar-refractivity contribution is 5.99. The van der Waals surface area contributed by atoms with Crippen molar-refractivity contribution in [3.8, 4) is 5.75 Å². The fraction of sp³-hybridized carbons (Fsp3) is 0.588. The molecule has 0 bridgehead atoms. The molecule has 0 spiro atoms. The van der Waals surface area contributed by atoms with Crippen molar-refractivity contribution in [1.29, 1.82) is 0 Å². The first-order valence-corrected chi connectivity index (χ1v) is 8.12. The van der Waals surface area contributed by atoms with Gasteiger partial charge in [0.05, 0.1) is 18.3 Å². The van der Waals surface area contributed by atoms with E-state index in [4.69, 9.17) is 4.74 Å². The summed E-state index contributed by atoms with van der Waals surface area (Å²) in [4.78, 5) is 14.8. The number of nitrogens with one attached hydrogen (secondary N) is 1. The molecule has 1 saturated carbocycles. The van der Waals surface area contributed by atoms with E-state index < -0.39 is 0 Å². The second kappa shape index (κ2) is 5.34. The van der Waals surface area contributed by atoms with Crippen LogP contribution in [-0.4, -0.2) is 31.1 Å². The summed E-state index contributed by atoms with van der Waals surface area (Å²) >= 11 is 0. The van der Waals surface area contributed by atoms with Crippen LogP contribution in [0.25, 0.3) is 0 Å². The molecule has 1 aromatic rings. The van der Waals surface area contributed by atoms with Gasteiger partial charge in [-0.25, -0.2) is 0 Å². The van der Waals surface area contributed by atoms with Gasteiger partial charge in [0.2, 0.25) is 5.91 Å². The van der Waals surface area contributed by atoms with E-state index in [1.54, 1.807) is 0 Å². The fourth-order valence-corrected chi connectivity index (χ4v) is 4.10. The Morgan fingerprint density at radius 2 is 2.10 bits per heavy atom. The Labute approximate surface area is 125 Å². The minimum Gasteiger partial charge on any atom is -0.490 e. The number of hydrogen-bond acceptors (Lipinski definition) is 3. The summed E-state index contributed by atoms with van der Waals surface area (Å²) < 4.78 is 5.65. The average Bonchev–Trinajstić information content (AvgIpc) is 2.97. The molecule has 0 aromatic heterocycles. The summed E-state index contributed by atoms with van der Waals surface area (Å²) in [7, 11) is 0. The zero-order valence-corrected chi connectivity index (χ0v) is 12.3. The van der Waals surface area contributed by atoms with Crippen LogP contribution in [0.15, 0.2) is 24.3 Å². The Morgan fingerprint density at radius 1 is 1.24 bits per heavy atom. The number of ether oxygens (including phenoxy) is 1. The molecule has 4 heteroatoms. The molecule has 112 valence electrons. The van der Waals surface area contributed by atoms with Gasteiger partial charge in [-0.3, -0.25) is 4.79 Å². The number of carbonyl (C=O) groups excluding carboxylic acids is 1. The van der Waals surface area contributed by atoms with Crippen LogP contribution in [0.5, 0.6) is 5.75 Å². The second-order valence-electron chi connectivity index (χ2n) is 6.41. The molecule has 2 aliphatic heterocycles. The lowest BCUT2D eigenvalue weighted by Gasteiger charge is -2.31. The van der Waals surface area contributed by atoms with Gasteiger partial charge < -0.3 is 15.0 Å². The standard InChI is InChI=1S/C17H22N2O2/c20-17(14-11-12-5-1-2-6-13(12)18-14)19-9-10-21-16-8-4-3-7-15(16)19/h3-4,7-8,12-14,18H,1-2,5-6,9-11H2. The highest BCUT2D eigenvalue weighted by Crippen LogP contribution is 2.36. The molecular formula is C17H22N2O2. The van der Waals surface area contributed by atoms with Crippen LogP contribution < -0.4 is 15.0 Å². The molecule has 1 amide bonds. The molecule has 4 rings (SSSR count). The van der Waals surface area contributed by atoms with Crippen LogP contribution in [0, 0.1) is 5.92 Å². The Morgan fingerprint density at radius 3 is 3.00 bits per heavy atom. The zero-order chi connectivity index (χ0) is 14.2. The third-order valence-corrected chi connectivity index (χ3v) is 5.16. The van der Waals surface area contributed by atoms with Gasteiger partial charge in [0.1, 0.15) is 12.4 Å². The van der Waals surface area contributed by atoms with Crippen molar-refractivity contribution in [3.63, 3.8) is 0 Å². The van der Waals surface area contributed by atoms with E-state index in [-0.39, 0.29) is 11.9 Å². The van der Waals surface area contributed by atoms with E-state index >= 15 is 0 Å². The summed E-state index contributed by atoms with van der Waals surface area (Å²) in [5.41, 5.74) is 0.922. The molecule has 1 N–H and O–H groups in total. The van der Waals surface area contributed by atoms with E-state index in [9.17, 15) is 4.79 Å². The van der Waals surface area contributed by atoms with Crippen LogP contribution >= 0.6 is 0 Å². The van der Waals surface area contributed by atoms with Gasteiger partial charge in [-0.15, -0.1) is 0 Å². The van der Waals surface area contributed by atoms with E-state index in [2.05, 4.69) is 5.32 Å². The molecule has 3 aliphatic rings. The smallest absolute Gasteiger partial charge is 0.244 e. The summed E-state index contributed by atoms with van der Waals surface area (Å²) in [6, 6.07) is 8.39. The summed E-state index contributed by atoms with van der Waals surface area (Å²) in [6.45, 7) is 1.24. The van der Waals surface area contributed by atoms with E-state index in [1.807, 2.05) is 29.2 Å².